The first-order valence-corrected chi connectivity index (χ1v) is 6.50. The number of carbonyl (C=O) groups is 1. The van der Waals surface area contributed by atoms with Gasteiger partial charge < -0.3 is 20.4 Å². The molecule has 0 saturated carbocycles. The highest BCUT2D eigenvalue weighted by Gasteiger charge is 2.24. The summed E-state index contributed by atoms with van der Waals surface area (Å²) in [4.78, 5) is 14.3. The second kappa shape index (κ2) is 5.48. The molecule has 1 fully saturated rings. The number of benzene rings is 1. The average Bonchev–Trinajstić information content (AvgIpc) is 2.37. The summed E-state index contributed by atoms with van der Waals surface area (Å²) >= 11 is 0. The molecule has 1 heterocycles. The van der Waals surface area contributed by atoms with E-state index in [1.807, 2.05) is 0 Å². The predicted octanol–water partition coefficient (Wildman–Crippen LogP) is 1.31. The lowest BCUT2D eigenvalue weighted by Crippen LogP contribution is -2.47. The van der Waals surface area contributed by atoms with Crippen molar-refractivity contribution in [1.82, 2.24) is 10.2 Å². The number of carbonyl (C=O) groups excluding carboxylic acids is 1. The van der Waals surface area contributed by atoms with Gasteiger partial charge >= 0.3 is 0 Å². The van der Waals surface area contributed by atoms with Gasteiger partial charge in [-0.1, -0.05) is 0 Å². The predicted molar refractivity (Wildman–Crippen MR) is 72.4 cm³/mol. The minimum atomic E-state index is -0.274. The quantitative estimate of drug-likeness (QED) is 0.704. The summed E-state index contributed by atoms with van der Waals surface area (Å²) in [5.41, 5.74) is 0.363. The molecule has 0 aromatic heterocycles. The lowest BCUT2D eigenvalue weighted by molar-refractivity contribution is 0.0896. The largest absolute Gasteiger partial charge is 0.504 e. The highest BCUT2D eigenvalue weighted by Crippen LogP contribution is 2.25. The number of phenolic OH excluding ortho intramolecular Hbond substituents is 2. The van der Waals surface area contributed by atoms with E-state index in [9.17, 15) is 15.0 Å². The molecule has 1 saturated heterocycles. The van der Waals surface area contributed by atoms with Crippen molar-refractivity contribution in [3.63, 3.8) is 0 Å². The molecule has 1 aliphatic rings. The van der Waals surface area contributed by atoms with Crippen LogP contribution in [0.15, 0.2) is 18.2 Å². The monoisotopic (exact) mass is 264 g/mol. The summed E-state index contributed by atoms with van der Waals surface area (Å²) in [5.74, 6) is -0.703. The Hall–Kier alpha value is -1.75. The van der Waals surface area contributed by atoms with Gasteiger partial charge in [-0.2, -0.15) is 0 Å². The number of phenols is 2. The summed E-state index contributed by atoms with van der Waals surface area (Å²) in [6, 6.07) is 4.72. The van der Waals surface area contributed by atoms with Crippen molar-refractivity contribution in [2.24, 2.45) is 0 Å². The SMILES string of the molecule is CC1CC(NC(=O)c2ccc(O)c(O)c2)CCN1C. The standard InChI is InChI=1S/C14H20N2O3/c1-9-7-11(5-6-16(9)2)15-14(19)10-3-4-12(17)13(18)8-10/h3-4,8-9,11,17-18H,5-7H2,1-2H3,(H,15,19). The van der Waals surface area contributed by atoms with Crippen molar-refractivity contribution in [3.8, 4) is 11.5 Å². The minimum absolute atomic E-state index is 0.162. The maximum Gasteiger partial charge on any atom is 0.251 e. The van der Waals surface area contributed by atoms with E-state index >= 15 is 0 Å². The Bertz CT molecular complexity index is 476. The fraction of sp³-hybridized carbons (Fsp3) is 0.500. The van der Waals surface area contributed by atoms with Crippen LogP contribution in [0.3, 0.4) is 0 Å². The van der Waals surface area contributed by atoms with Crippen LogP contribution in [0, 0.1) is 0 Å². The number of hydrogen-bond donors (Lipinski definition) is 3. The van der Waals surface area contributed by atoms with Gasteiger partial charge in [0.15, 0.2) is 11.5 Å². The number of aromatic hydroxyl groups is 2. The van der Waals surface area contributed by atoms with Crippen LogP contribution in [-0.2, 0) is 0 Å². The summed E-state index contributed by atoms with van der Waals surface area (Å²) in [7, 11) is 2.08. The lowest BCUT2D eigenvalue weighted by Gasteiger charge is -2.35. The topological polar surface area (TPSA) is 72.8 Å². The van der Waals surface area contributed by atoms with Crippen LogP contribution >= 0.6 is 0 Å². The van der Waals surface area contributed by atoms with Gasteiger partial charge in [-0.15, -0.1) is 0 Å². The molecule has 1 aromatic carbocycles. The molecule has 2 rings (SSSR count). The fourth-order valence-electron chi connectivity index (χ4n) is 2.35. The number of nitrogens with one attached hydrogen (secondary N) is 1. The van der Waals surface area contributed by atoms with E-state index in [2.05, 4.69) is 24.2 Å². The number of nitrogens with zero attached hydrogens (tertiary/aromatic N) is 1. The van der Waals surface area contributed by atoms with Gasteiger partial charge in [-0.3, -0.25) is 4.79 Å². The second-order valence-corrected chi connectivity index (χ2v) is 5.23. The molecule has 0 bridgehead atoms. The first-order chi connectivity index (χ1) is 8.97. The zero-order valence-electron chi connectivity index (χ0n) is 11.3. The third-order valence-electron chi connectivity index (χ3n) is 3.78. The minimum Gasteiger partial charge on any atom is -0.504 e. The molecule has 3 N–H and O–H groups in total. The van der Waals surface area contributed by atoms with Crippen LogP contribution in [0.2, 0.25) is 0 Å². The number of piperidine rings is 1. The van der Waals surface area contributed by atoms with Crippen molar-refractivity contribution in [3.05, 3.63) is 23.8 Å². The van der Waals surface area contributed by atoms with Crippen LogP contribution < -0.4 is 5.32 Å². The van der Waals surface area contributed by atoms with Crippen LogP contribution in [0.5, 0.6) is 11.5 Å². The van der Waals surface area contributed by atoms with Crippen LogP contribution in [0.1, 0.15) is 30.1 Å². The molecule has 0 spiro atoms. The molecule has 0 radical (unpaired) electrons. The van der Waals surface area contributed by atoms with Gasteiger partial charge in [-0.25, -0.2) is 0 Å². The van der Waals surface area contributed by atoms with Crippen molar-refractivity contribution in [1.29, 1.82) is 0 Å². The van der Waals surface area contributed by atoms with E-state index in [0.717, 1.165) is 19.4 Å². The summed E-state index contributed by atoms with van der Waals surface area (Å²) in [6.07, 6.45) is 1.85. The molecule has 2 unspecified atom stereocenters. The van der Waals surface area contributed by atoms with E-state index in [4.69, 9.17) is 0 Å². The van der Waals surface area contributed by atoms with Gasteiger partial charge in [0.05, 0.1) is 0 Å². The van der Waals surface area contributed by atoms with Gasteiger partial charge in [0.1, 0.15) is 0 Å². The first-order valence-electron chi connectivity index (χ1n) is 6.50. The Morgan fingerprint density at radius 3 is 2.74 bits per heavy atom. The number of hydrogen-bond acceptors (Lipinski definition) is 4. The van der Waals surface area contributed by atoms with E-state index < -0.39 is 0 Å². The van der Waals surface area contributed by atoms with Crippen molar-refractivity contribution in [2.45, 2.75) is 31.8 Å². The number of amides is 1. The zero-order chi connectivity index (χ0) is 14.0. The second-order valence-electron chi connectivity index (χ2n) is 5.23. The maximum absolute atomic E-state index is 12.0. The van der Waals surface area contributed by atoms with E-state index in [1.165, 1.54) is 18.2 Å². The summed E-state index contributed by atoms with van der Waals surface area (Å²) in [5, 5.41) is 21.6. The van der Waals surface area contributed by atoms with Gasteiger partial charge in [0.25, 0.3) is 5.91 Å². The Labute approximate surface area is 112 Å². The van der Waals surface area contributed by atoms with E-state index in [1.54, 1.807) is 0 Å². The molecule has 5 heteroatoms. The molecule has 1 amide bonds. The third kappa shape index (κ3) is 3.17. The molecule has 1 aromatic rings. The molecule has 1 aliphatic heterocycles. The summed E-state index contributed by atoms with van der Waals surface area (Å²) < 4.78 is 0. The Balaban J connectivity index is 1.99. The van der Waals surface area contributed by atoms with Crippen molar-refractivity contribution < 1.29 is 15.0 Å². The molecule has 0 aliphatic carbocycles. The van der Waals surface area contributed by atoms with Crippen LogP contribution in [0.25, 0.3) is 0 Å². The number of likely N-dealkylation sites (tertiary alicyclic amines) is 1. The van der Waals surface area contributed by atoms with Gasteiger partial charge in [0.2, 0.25) is 0 Å². The van der Waals surface area contributed by atoms with Gasteiger partial charge in [-0.05, 0) is 45.0 Å². The maximum atomic E-state index is 12.0. The Kier molecular flexibility index (Phi) is 3.95. The summed E-state index contributed by atoms with van der Waals surface area (Å²) in [6.45, 7) is 3.11. The van der Waals surface area contributed by atoms with E-state index in [-0.39, 0.29) is 23.4 Å². The molecule has 19 heavy (non-hydrogen) atoms. The van der Waals surface area contributed by atoms with Crippen LogP contribution in [0.4, 0.5) is 0 Å². The molecule has 5 nitrogen and oxygen atoms in total. The zero-order valence-corrected chi connectivity index (χ0v) is 11.3. The normalized spacial score (nSPS) is 24.1. The van der Waals surface area contributed by atoms with Crippen LogP contribution in [-0.4, -0.2) is 46.7 Å². The Morgan fingerprint density at radius 1 is 1.37 bits per heavy atom. The van der Waals surface area contributed by atoms with Crippen molar-refractivity contribution >= 4 is 5.91 Å². The lowest BCUT2D eigenvalue weighted by atomic mass is 9.98. The molecular formula is C14H20N2O3. The fourth-order valence-corrected chi connectivity index (χ4v) is 2.35. The molecule has 2 atom stereocenters. The third-order valence-corrected chi connectivity index (χ3v) is 3.78. The van der Waals surface area contributed by atoms with Crippen molar-refractivity contribution in [2.75, 3.05) is 13.6 Å². The Morgan fingerprint density at radius 2 is 2.11 bits per heavy atom. The average molecular weight is 264 g/mol. The number of rotatable bonds is 2. The molecular weight excluding hydrogens is 244 g/mol. The highest BCUT2D eigenvalue weighted by atomic mass is 16.3. The highest BCUT2D eigenvalue weighted by molar-refractivity contribution is 5.95. The van der Waals surface area contributed by atoms with Gasteiger partial charge in [0, 0.05) is 24.2 Å². The smallest absolute Gasteiger partial charge is 0.251 e. The van der Waals surface area contributed by atoms with E-state index in [0.29, 0.717) is 11.6 Å². The molecule has 104 valence electrons. The first kappa shape index (κ1) is 13.7.